The zero-order valence-electron chi connectivity index (χ0n) is 13.5. The van der Waals surface area contributed by atoms with Gasteiger partial charge in [0.2, 0.25) is 0 Å². The summed E-state index contributed by atoms with van der Waals surface area (Å²) in [5.41, 5.74) is 2.36. The number of thiazole rings is 1. The van der Waals surface area contributed by atoms with Gasteiger partial charge in [-0.15, -0.1) is 11.3 Å². The van der Waals surface area contributed by atoms with Crippen LogP contribution >= 0.6 is 22.9 Å². The molecule has 3 rings (SSSR count). The SMILES string of the molecule is COc1ccc(C)cc1S(=O)(=O)Nc1nc(-c2ccc(Cl)cc2)cs1. The number of aromatic nitrogens is 1. The number of nitrogens with zero attached hydrogens (tertiary/aromatic N) is 1. The van der Waals surface area contributed by atoms with E-state index in [1.165, 1.54) is 18.4 Å². The minimum atomic E-state index is -3.80. The number of aryl methyl sites for hydroxylation is 1. The summed E-state index contributed by atoms with van der Waals surface area (Å²) in [5.74, 6) is 0.285. The van der Waals surface area contributed by atoms with Gasteiger partial charge in [0, 0.05) is 16.0 Å². The molecule has 25 heavy (non-hydrogen) atoms. The number of hydrogen-bond donors (Lipinski definition) is 1. The Hall–Kier alpha value is -2.09. The minimum Gasteiger partial charge on any atom is -0.495 e. The van der Waals surface area contributed by atoms with Crippen LogP contribution in [0.25, 0.3) is 11.3 Å². The largest absolute Gasteiger partial charge is 0.495 e. The fourth-order valence-electron chi connectivity index (χ4n) is 2.24. The van der Waals surface area contributed by atoms with E-state index in [-0.39, 0.29) is 15.8 Å². The summed E-state index contributed by atoms with van der Waals surface area (Å²) in [6.45, 7) is 1.82. The Labute approximate surface area is 155 Å². The number of rotatable bonds is 5. The molecule has 1 heterocycles. The van der Waals surface area contributed by atoms with Gasteiger partial charge in [0.05, 0.1) is 12.8 Å². The highest BCUT2D eigenvalue weighted by molar-refractivity contribution is 7.93. The highest BCUT2D eigenvalue weighted by Gasteiger charge is 2.21. The third-order valence-electron chi connectivity index (χ3n) is 3.47. The van der Waals surface area contributed by atoms with Gasteiger partial charge in [0.25, 0.3) is 10.0 Å². The molecule has 3 aromatic rings. The van der Waals surface area contributed by atoms with Crippen molar-refractivity contribution in [2.24, 2.45) is 0 Å². The standard InChI is InChI=1S/C17H15ClN2O3S2/c1-11-3-8-15(23-2)16(9-11)25(21,22)20-17-19-14(10-24-17)12-4-6-13(18)7-5-12/h3-10H,1-2H3,(H,19,20). The van der Waals surface area contributed by atoms with Gasteiger partial charge in [0.1, 0.15) is 10.6 Å². The first kappa shape index (κ1) is 17.7. The van der Waals surface area contributed by atoms with Crippen LogP contribution in [0, 0.1) is 6.92 Å². The van der Waals surface area contributed by atoms with Crippen molar-refractivity contribution in [3.63, 3.8) is 0 Å². The maximum atomic E-state index is 12.7. The van der Waals surface area contributed by atoms with Crippen molar-refractivity contribution in [2.75, 3.05) is 11.8 Å². The fraction of sp³-hybridized carbons (Fsp3) is 0.118. The molecule has 0 atom stereocenters. The second kappa shape index (κ2) is 7.03. The van der Waals surface area contributed by atoms with E-state index in [1.54, 1.807) is 35.7 Å². The molecule has 0 fully saturated rings. The molecule has 8 heteroatoms. The van der Waals surface area contributed by atoms with Gasteiger partial charge in [-0.1, -0.05) is 29.8 Å². The number of nitrogens with one attached hydrogen (secondary N) is 1. The van der Waals surface area contributed by atoms with Crippen molar-refractivity contribution in [3.8, 4) is 17.0 Å². The quantitative estimate of drug-likeness (QED) is 0.687. The van der Waals surface area contributed by atoms with E-state index in [0.717, 1.165) is 11.1 Å². The number of ether oxygens (including phenoxy) is 1. The Balaban J connectivity index is 1.90. The van der Waals surface area contributed by atoms with Gasteiger partial charge in [-0.3, -0.25) is 4.72 Å². The van der Waals surface area contributed by atoms with Crippen LogP contribution in [0.15, 0.2) is 52.7 Å². The molecule has 0 saturated heterocycles. The molecule has 0 aliphatic rings. The molecule has 0 saturated carbocycles. The van der Waals surface area contributed by atoms with Crippen molar-refractivity contribution in [1.82, 2.24) is 4.98 Å². The predicted molar refractivity (Wildman–Crippen MR) is 101 cm³/mol. The summed E-state index contributed by atoms with van der Waals surface area (Å²) in [7, 11) is -2.37. The summed E-state index contributed by atoms with van der Waals surface area (Å²) < 4.78 is 33.0. The van der Waals surface area contributed by atoms with E-state index in [1.807, 2.05) is 19.1 Å². The Morgan fingerprint density at radius 1 is 1.16 bits per heavy atom. The fourth-order valence-corrected chi connectivity index (χ4v) is 4.59. The molecule has 1 aromatic heterocycles. The van der Waals surface area contributed by atoms with Gasteiger partial charge >= 0.3 is 0 Å². The molecule has 0 bridgehead atoms. The molecule has 0 spiro atoms. The molecule has 0 amide bonds. The summed E-state index contributed by atoms with van der Waals surface area (Å²) in [6.07, 6.45) is 0. The number of hydrogen-bond acceptors (Lipinski definition) is 5. The van der Waals surface area contributed by atoms with Crippen LogP contribution in [-0.2, 0) is 10.0 Å². The maximum absolute atomic E-state index is 12.7. The van der Waals surface area contributed by atoms with Crippen molar-refractivity contribution in [3.05, 3.63) is 58.4 Å². The molecule has 2 aromatic carbocycles. The van der Waals surface area contributed by atoms with E-state index < -0.39 is 10.0 Å². The number of anilines is 1. The van der Waals surface area contributed by atoms with Gasteiger partial charge in [-0.25, -0.2) is 13.4 Å². The van der Waals surface area contributed by atoms with Crippen molar-refractivity contribution >= 4 is 38.1 Å². The second-order valence-corrected chi connectivity index (χ2v) is 8.25. The van der Waals surface area contributed by atoms with Crippen molar-refractivity contribution in [1.29, 1.82) is 0 Å². The molecular formula is C17H15ClN2O3S2. The van der Waals surface area contributed by atoms with Crippen LogP contribution in [0.4, 0.5) is 5.13 Å². The van der Waals surface area contributed by atoms with Gasteiger partial charge in [-0.2, -0.15) is 0 Å². The normalized spacial score (nSPS) is 11.3. The predicted octanol–water partition coefficient (Wildman–Crippen LogP) is 4.58. The monoisotopic (exact) mass is 394 g/mol. The zero-order valence-corrected chi connectivity index (χ0v) is 15.9. The van der Waals surface area contributed by atoms with E-state index in [9.17, 15) is 8.42 Å². The third-order valence-corrected chi connectivity index (χ3v) is 5.97. The second-order valence-electron chi connectivity index (χ2n) is 5.30. The molecule has 0 radical (unpaired) electrons. The first-order valence-electron chi connectivity index (χ1n) is 7.28. The van der Waals surface area contributed by atoms with Gasteiger partial charge in [0.15, 0.2) is 5.13 Å². The van der Waals surface area contributed by atoms with Crippen LogP contribution in [0.1, 0.15) is 5.56 Å². The van der Waals surface area contributed by atoms with E-state index in [0.29, 0.717) is 10.7 Å². The Morgan fingerprint density at radius 3 is 2.56 bits per heavy atom. The number of halogens is 1. The Morgan fingerprint density at radius 2 is 1.88 bits per heavy atom. The lowest BCUT2D eigenvalue weighted by Gasteiger charge is -2.10. The molecule has 1 N–H and O–H groups in total. The third kappa shape index (κ3) is 3.95. The number of benzene rings is 2. The van der Waals surface area contributed by atoms with Gasteiger partial charge in [-0.05, 0) is 36.8 Å². The van der Waals surface area contributed by atoms with Crippen molar-refractivity contribution in [2.45, 2.75) is 11.8 Å². The van der Waals surface area contributed by atoms with Crippen LogP contribution in [-0.4, -0.2) is 20.5 Å². The maximum Gasteiger partial charge on any atom is 0.267 e. The number of methoxy groups -OCH3 is 1. The summed E-state index contributed by atoms with van der Waals surface area (Å²) >= 11 is 7.09. The molecule has 5 nitrogen and oxygen atoms in total. The Bertz CT molecular complexity index is 999. The van der Waals surface area contributed by atoms with E-state index in [4.69, 9.17) is 16.3 Å². The summed E-state index contributed by atoms with van der Waals surface area (Å²) in [5, 5.41) is 2.70. The molecule has 130 valence electrons. The highest BCUT2D eigenvalue weighted by Crippen LogP contribution is 2.30. The molecule has 0 aliphatic heterocycles. The Kier molecular flexibility index (Phi) is 4.99. The van der Waals surface area contributed by atoms with Crippen LogP contribution in [0.2, 0.25) is 5.02 Å². The van der Waals surface area contributed by atoms with Crippen LogP contribution in [0.5, 0.6) is 5.75 Å². The lowest BCUT2D eigenvalue weighted by molar-refractivity contribution is 0.402. The van der Waals surface area contributed by atoms with E-state index >= 15 is 0 Å². The minimum absolute atomic E-state index is 0.0817. The van der Waals surface area contributed by atoms with Gasteiger partial charge < -0.3 is 4.74 Å². The average Bonchev–Trinajstić information content (AvgIpc) is 3.03. The first-order valence-corrected chi connectivity index (χ1v) is 10.0. The van der Waals surface area contributed by atoms with E-state index in [2.05, 4.69) is 9.71 Å². The highest BCUT2D eigenvalue weighted by atomic mass is 35.5. The number of sulfonamides is 1. The summed E-state index contributed by atoms with van der Waals surface area (Å²) in [6, 6.07) is 12.2. The zero-order chi connectivity index (χ0) is 18.0. The lowest BCUT2D eigenvalue weighted by atomic mass is 10.2. The lowest BCUT2D eigenvalue weighted by Crippen LogP contribution is -2.14. The van der Waals surface area contributed by atoms with Crippen LogP contribution in [0.3, 0.4) is 0 Å². The molecule has 0 unspecified atom stereocenters. The topological polar surface area (TPSA) is 68.3 Å². The first-order chi connectivity index (χ1) is 11.9. The molecular weight excluding hydrogens is 380 g/mol. The van der Waals surface area contributed by atoms with Crippen molar-refractivity contribution < 1.29 is 13.2 Å². The smallest absolute Gasteiger partial charge is 0.267 e. The van der Waals surface area contributed by atoms with Crippen LogP contribution < -0.4 is 9.46 Å². The molecule has 0 aliphatic carbocycles. The summed E-state index contributed by atoms with van der Waals surface area (Å²) in [4.78, 5) is 4.42. The average molecular weight is 395 g/mol.